The van der Waals surface area contributed by atoms with Crippen molar-refractivity contribution in [1.29, 1.82) is 5.26 Å². The molecule has 1 saturated heterocycles. The molecule has 1 aliphatic rings. The zero-order valence-corrected chi connectivity index (χ0v) is 11.8. The van der Waals surface area contributed by atoms with Crippen molar-refractivity contribution in [3.63, 3.8) is 0 Å². The van der Waals surface area contributed by atoms with E-state index in [1.165, 1.54) is 0 Å². The van der Waals surface area contributed by atoms with Crippen LogP contribution in [0.3, 0.4) is 0 Å². The number of imidazole rings is 1. The largest absolute Gasteiger partial charge is 0.381 e. The van der Waals surface area contributed by atoms with E-state index in [4.69, 9.17) is 15.0 Å². The lowest BCUT2D eigenvalue weighted by molar-refractivity contribution is 0.0771. The first kappa shape index (κ1) is 13.1. The van der Waals surface area contributed by atoms with Gasteiger partial charge in [-0.15, -0.1) is 0 Å². The van der Waals surface area contributed by atoms with Crippen LogP contribution in [-0.2, 0) is 11.3 Å². The molecule has 1 unspecified atom stereocenters. The van der Waals surface area contributed by atoms with Gasteiger partial charge in [0.25, 0.3) is 0 Å². The normalized spacial score (nSPS) is 19.1. The van der Waals surface area contributed by atoms with Gasteiger partial charge in [0, 0.05) is 19.1 Å². The number of hydrogen-bond acceptors (Lipinski definition) is 3. The molecule has 2 aromatic rings. The van der Waals surface area contributed by atoms with Gasteiger partial charge in [0.1, 0.15) is 5.82 Å². The first-order valence-electron chi connectivity index (χ1n) is 7.31. The van der Waals surface area contributed by atoms with Crippen molar-refractivity contribution in [3.05, 3.63) is 29.6 Å². The fourth-order valence-corrected chi connectivity index (χ4v) is 2.93. The average Bonchev–Trinajstić information content (AvgIpc) is 2.86. The predicted octanol–water partition coefficient (Wildman–Crippen LogP) is 3.21. The molecule has 0 amide bonds. The summed E-state index contributed by atoms with van der Waals surface area (Å²) in [5.74, 6) is 1.50. The van der Waals surface area contributed by atoms with E-state index in [0.29, 0.717) is 11.5 Å². The summed E-state index contributed by atoms with van der Waals surface area (Å²) in [7, 11) is 0. The van der Waals surface area contributed by atoms with Crippen LogP contribution in [0.1, 0.15) is 43.5 Å². The van der Waals surface area contributed by atoms with Crippen LogP contribution in [0.25, 0.3) is 11.0 Å². The lowest BCUT2D eigenvalue weighted by Crippen LogP contribution is -2.19. The fourth-order valence-electron chi connectivity index (χ4n) is 2.93. The van der Waals surface area contributed by atoms with Crippen LogP contribution >= 0.6 is 0 Å². The first-order chi connectivity index (χ1) is 9.83. The number of aryl methyl sites for hydroxylation is 1. The summed E-state index contributed by atoms with van der Waals surface area (Å²) in [6.45, 7) is 4.77. The minimum Gasteiger partial charge on any atom is -0.381 e. The van der Waals surface area contributed by atoms with E-state index >= 15 is 0 Å². The Morgan fingerprint density at radius 3 is 3.10 bits per heavy atom. The fraction of sp³-hybridized carbons (Fsp3) is 0.500. The Balaban J connectivity index is 2.09. The summed E-state index contributed by atoms with van der Waals surface area (Å²) in [6, 6.07) is 7.96. The summed E-state index contributed by atoms with van der Waals surface area (Å²) < 4.78 is 7.91. The molecular weight excluding hydrogens is 250 g/mol. The minimum absolute atomic E-state index is 0.383. The van der Waals surface area contributed by atoms with Gasteiger partial charge >= 0.3 is 0 Å². The number of hydrogen-bond donors (Lipinski definition) is 0. The molecule has 0 spiro atoms. The maximum atomic E-state index is 9.02. The van der Waals surface area contributed by atoms with Crippen LogP contribution in [-0.4, -0.2) is 22.8 Å². The van der Waals surface area contributed by atoms with Crippen molar-refractivity contribution < 1.29 is 4.74 Å². The van der Waals surface area contributed by atoms with Crippen LogP contribution in [0.2, 0.25) is 0 Å². The number of aromatic nitrogens is 2. The number of fused-ring (bicyclic) bond motifs is 1. The highest BCUT2D eigenvalue weighted by molar-refractivity contribution is 5.78. The van der Waals surface area contributed by atoms with Crippen molar-refractivity contribution in [2.24, 2.45) is 0 Å². The molecule has 0 bridgehead atoms. The third kappa shape index (κ3) is 2.30. The summed E-state index contributed by atoms with van der Waals surface area (Å²) in [4.78, 5) is 4.80. The van der Waals surface area contributed by atoms with Crippen molar-refractivity contribution in [2.75, 3.05) is 13.2 Å². The maximum Gasteiger partial charge on any atom is 0.115 e. The Morgan fingerprint density at radius 1 is 1.50 bits per heavy atom. The Labute approximate surface area is 119 Å². The van der Waals surface area contributed by atoms with Crippen molar-refractivity contribution in [2.45, 2.75) is 38.6 Å². The second-order valence-corrected chi connectivity index (χ2v) is 5.35. The standard InChI is InChI=1S/C16H19N3O/c1-2-7-19-15-6-5-12(10-17)9-14(15)18-16(19)13-4-3-8-20-11-13/h5-6,9,13H,2-4,7-8,11H2,1H3. The monoisotopic (exact) mass is 269 g/mol. The van der Waals surface area contributed by atoms with E-state index in [1.807, 2.05) is 18.2 Å². The van der Waals surface area contributed by atoms with Gasteiger partial charge in [0.05, 0.1) is 29.3 Å². The van der Waals surface area contributed by atoms with E-state index in [2.05, 4.69) is 17.6 Å². The van der Waals surface area contributed by atoms with E-state index < -0.39 is 0 Å². The van der Waals surface area contributed by atoms with Gasteiger partial charge in [-0.1, -0.05) is 6.92 Å². The van der Waals surface area contributed by atoms with Crippen molar-refractivity contribution >= 4 is 11.0 Å². The van der Waals surface area contributed by atoms with E-state index in [-0.39, 0.29) is 0 Å². The lowest BCUT2D eigenvalue weighted by Gasteiger charge is -2.22. The third-order valence-electron chi connectivity index (χ3n) is 3.88. The van der Waals surface area contributed by atoms with Gasteiger partial charge in [0.2, 0.25) is 0 Å². The molecule has 20 heavy (non-hydrogen) atoms. The second kappa shape index (κ2) is 5.64. The molecular formula is C16H19N3O. The van der Waals surface area contributed by atoms with E-state index in [9.17, 15) is 0 Å². The quantitative estimate of drug-likeness (QED) is 0.859. The topological polar surface area (TPSA) is 50.8 Å². The Bertz CT molecular complexity index is 648. The summed E-state index contributed by atoms with van der Waals surface area (Å²) in [5, 5.41) is 9.02. The van der Waals surface area contributed by atoms with Crippen LogP contribution in [0, 0.1) is 11.3 Å². The highest BCUT2D eigenvalue weighted by Crippen LogP contribution is 2.28. The van der Waals surface area contributed by atoms with Crippen LogP contribution in [0.4, 0.5) is 0 Å². The van der Waals surface area contributed by atoms with Crippen LogP contribution < -0.4 is 0 Å². The molecule has 0 saturated carbocycles. The zero-order valence-electron chi connectivity index (χ0n) is 11.8. The van der Waals surface area contributed by atoms with E-state index in [1.54, 1.807) is 0 Å². The molecule has 1 fully saturated rings. The number of rotatable bonds is 3. The molecule has 0 radical (unpaired) electrons. The summed E-state index contributed by atoms with van der Waals surface area (Å²) >= 11 is 0. The molecule has 1 aromatic carbocycles. The Hall–Kier alpha value is -1.86. The molecule has 1 aromatic heterocycles. The smallest absolute Gasteiger partial charge is 0.115 e. The van der Waals surface area contributed by atoms with E-state index in [0.717, 1.165) is 55.9 Å². The van der Waals surface area contributed by atoms with Crippen LogP contribution in [0.15, 0.2) is 18.2 Å². The molecule has 1 aliphatic heterocycles. The number of benzene rings is 1. The van der Waals surface area contributed by atoms with Gasteiger partial charge in [-0.3, -0.25) is 0 Å². The molecule has 4 nitrogen and oxygen atoms in total. The SMILES string of the molecule is CCCn1c(C2CCCOC2)nc2cc(C#N)ccc21. The Morgan fingerprint density at radius 2 is 2.40 bits per heavy atom. The summed E-state index contributed by atoms with van der Waals surface area (Å²) in [5.41, 5.74) is 2.73. The van der Waals surface area contributed by atoms with Gasteiger partial charge in [-0.05, 0) is 37.5 Å². The second-order valence-electron chi connectivity index (χ2n) is 5.35. The minimum atomic E-state index is 0.383. The van der Waals surface area contributed by atoms with Crippen LogP contribution in [0.5, 0.6) is 0 Å². The molecule has 0 aliphatic carbocycles. The van der Waals surface area contributed by atoms with Gasteiger partial charge in [-0.25, -0.2) is 4.98 Å². The summed E-state index contributed by atoms with van der Waals surface area (Å²) in [6.07, 6.45) is 3.31. The molecule has 3 rings (SSSR count). The highest BCUT2D eigenvalue weighted by Gasteiger charge is 2.22. The molecule has 104 valence electrons. The van der Waals surface area contributed by atoms with Gasteiger partial charge in [0.15, 0.2) is 0 Å². The predicted molar refractivity (Wildman–Crippen MR) is 77.5 cm³/mol. The molecule has 1 atom stereocenters. The molecule has 4 heteroatoms. The number of nitriles is 1. The third-order valence-corrected chi connectivity index (χ3v) is 3.88. The average molecular weight is 269 g/mol. The van der Waals surface area contributed by atoms with Gasteiger partial charge < -0.3 is 9.30 Å². The van der Waals surface area contributed by atoms with Crippen molar-refractivity contribution in [3.8, 4) is 6.07 Å². The molecule has 2 heterocycles. The zero-order chi connectivity index (χ0) is 13.9. The Kier molecular flexibility index (Phi) is 3.70. The highest BCUT2D eigenvalue weighted by atomic mass is 16.5. The number of nitrogens with zero attached hydrogens (tertiary/aromatic N) is 3. The lowest BCUT2D eigenvalue weighted by atomic mass is 10.0. The number of ether oxygens (including phenoxy) is 1. The van der Waals surface area contributed by atoms with Crippen molar-refractivity contribution in [1.82, 2.24) is 9.55 Å². The first-order valence-corrected chi connectivity index (χ1v) is 7.31. The molecule has 0 N–H and O–H groups in total. The van der Waals surface area contributed by atoms with Gasteiger partial charge in [-0.2, -0.15) is 5.26 Å². The maximum absolute atomic E-state index is 9.02.